The molecule has 33 heavy (non-hydrogen) atoms. The molecule has 172 valence electrons. The van der Waals surface area contributed by atoms with E-state index in [1.807, 2.05) is 0 Å². The highest BCUT2D eigenvalue weighted by Gasteiger charge is 2.40. The molecular weight excluding hydrogens is 523 g/mol. The van der Waals surface area contributed by atoms with E-state index in [0.717, 1.165) is 0 Å². The fraction of sp³-hybridized carbons (Fsp3) is 0.0588. The van der Waals surface area contributed by atoms with Gasteiger partial charge in [0.25, 0.3) is 0 Å². The summed E-state index contributed by atoms with van der Waals surface area (Å²) in [5.41, 5.74) is -1.09. The number of benzene rings is 1. The minimum atomic E-state index is -4.94. The number of aromatic carboxylic acids is 1. The second-order valence-electron chi connectivity index (χ2n) is 6.22. The van der Waals surface area contributed by atoms with Gasteiger partial charge in [-0.2, -0.15) is 13.2 Å². The van der Waals surface area contributed by atoms with Gasteiger partial charge in [0.1, 0.15) is 4.88 Å². The number of hydrogen-bond donors (Lipinski definition) is 2. The second-order valence-corrected chi connectivity index (χ2v) is 10.9. The Kier molecular flexibility index (Phi) is 6.04. The maximum atomic E-state index is 13.2. The maximum absolute atomic E-state index is 13.2. The Hall–Kier alpha value is -2.79. The largest absolute Gasteiger partial charge is 0.477 e. The molecule has 9 nitrogen and oxygen atoms in total. The topological polar surface area (TPSA) is 141 Å². The van der Waals surface area contributed by atoms with Crippen molar-refractivity contribution in [2.45, 2.75) is 20.6 Å². The average molecular weight is 534 g/mol. The van der Waals surface area contributed by atoms with Crippen LogP contribution in [0.1, 0.15) is 15.4 Å². The van der Waals surface area contributed by atoms with Gasteiger partial charge in [0, 0.05) is 5.69 Å². The van der Waals surface area contributed by atoms with Gasteiger partial charge < -0.3 is 5.11 Å². The van der Waals surface area contributed by atoms with Crippen molar-refractivity contribution in [3.63, 3.8) is 0 Å². The molecule has 0 bridgehead atoms. The lowest BCUT2D eigenvalue weighted by Gasteiger charge is -2.09. The molecule has 0 spiro atoms. The molecule has 0 aliphatic carbocycles. The summed E-state index contributed by atoms with van der Waals surface area (Å²) < 4.78 is 64.0. The van der Waals surface area contributed by atoms with Crippen molar-refractivity contribution in [3.05, 3.63) is 52.3 Å². The molecule has 4 aromatic rings. The molecule has 0 radical (unpaired) electrons. The molecule has 0 fully saturated rings. The summed E-state index contributed by atoms with van der Waals surface area (Å²) in [6, 6.07) is 8.94. The summed E-state index contributed by atoms with van der Waals surface area (Å²) in [4.78, 5) is 14.3. The molecule has 0 saturated carbocycles. The summed E-state index contributed by atoms with van der Waals surface area (Å²) in [5.74, 6) is -1.40. The first-order valence-electron chi connectivity index (χ1n) is 8.57. The lowest BCUT2D eigenvalue weighted by molar-refractivity contribution is -0.141. The first-order chi connectivity index (χ1) is 15.4. The number of sulfonamides is 1. The number of nitrogens with two attached hydrogens (primary N) is 1. The molecule has 0 aliphatic heterocycles. The number of thiophene rings is 1. The summed E-state index contributed by atoms with van der Waals surface area (Å²) in [5, 5.41) is 24.3. The standard InChI is InChI=1S/C17H10F3N5O4S4/c18-17(19,20)12-11(14(26)27)31-16(22-12)32-15-24-23-13(10-2-1-7-30-10)25(15)8-3-5-9(6-4-8)33(21,28)29/h1-7H,(H,26,27)(H2,21,28,29). The van der Waals surface area contributed by atoms with E-state index in [4.69, 9.17) is 10.2 Å². The van der Waals surface area contributed by atoms with Crippen LogP contribution in [0.2, 0.25) is 0 Å². The van der Waals surface area contributed by atoms with Gasteiger partial charge >= 0.3 is 12.1 Å². The number of halogens is 3. The molecule has 3 aromatic heterocycles. The van der Waals surface area contributed by atoms with Gasteiger partial charge in [0.15, 0.2) is 15.9 Å². The lowest BCUT2D eigenvalue weighted by Crippen LogP contribution is -2.12. The van der Waals surface area contributed by atoms with Crippen molar-refractivity contribution in [3.8, 4) is 16.4 Å². The lowest BCUT2D eigenvalue weighted by atomic mass is 10.3. The van der Waals surface area contributed by atoms with E-state index in [9.17, 15) is 26.4 Å². The predicted molar refractivity (Wildman–Crippen MR) is 114 cm³/mol. The smallest absolute Gasteiger partial charge is 0.435 e. The molecule has 0 atom stereocenters. The summed E-state index contributed by atoms with van der Waals surface area (Å²) in [7, 11) is -3.94. The SMILES string of the molecule is NS(=O)(=O)c1ccc(-n2c(Sc3nc(C(F)(F)F)c(C(=O)O)s3)nnc2-c2cccs2)cc1. The Morgan fingerprint density at radius 3 is 2.36 bits per heavy atom. The highest BCUT2D eigenvalue weighted by atomic mass is 32.2. The fourth-order valence-electron chi connectivity index (χ4n) is 2.68. The Morgan fingerprint density at radius 1 is 1.15 bits per heavy atom. The molecule has 3 heterocycles. The highest BCUT2D eigenvalue weighted by Crippen LogP contribution is 2.40. The van der Waals surface area contributed by atoms with Crippen LogP contribution in [0.25, 0.3) is 16.4 Å². The maximum Gasteiger partial charge on any atom is 0.435 e. The number of thiazole rings is 1. The minimum absolute atomic E-state index is 0.0983. The van der Waals surface area contributed by atoms with Gasteiger partial charge in [-0.25, -0.2) is 23.3 Å². The van der Waals surface area contributed by atoms with Gasteiger partial charge in [-0.1, -0.05) is 17.4 Å². The van der Waals surface area contributed by atoms with Crippen molar-refractivity contribution in [2.24, 2.45) is 5.14 Å². The number of rotatable bonds is 6. The molecule has 3 N–H and O–H groups in total. The summed E-state index contributed by atoms with van der Waals surface area (Å²) in [6.45, 7) is 0. The number of hydrogen-bond acceptors (Lipinski definition) is 9. The van der Waals surface area contributed by atoms with E-state index in [0.29, 0.717) is 39.5 Å². The molecule has 16 heteroatoms. The summed E-state index contributed by atoms with van der Waals surface area (Å²) >= 11 is 2.40. The molecule has 0 amide bonds. The van der Waals surface area contributed by atoms with E-state index in [1.54, 1.807) is 17.5 Å². The highest BCUT2D eigenvalue weighted by molar-refractivity contribution is 8.00. The fourth-order valence-corrected chi connectivity index (χ4v) is 5.85. The van der Waals surface area contributed by atoms with Crippen LogP contribution in [0.15, 0.2) is 56.2 Å². The van der Waals surface area contributed by atoms with E-state index >= 15 is 0 Å². The van der Waals surface area contributed by atoms with Crippen molar-refractivity contribution < 1.29 is 31.5 Å². The number of aromatic nitrogens is 4. The number of nitrogens with zero attached hydrogens (tertiary/aromatic N) is 4. The van der Waals surface area contributed by atoms with Crippen molar-refractivity contribution in [1.82, 2.24) is 19.7 Å². The third-order valence-electron chi connectivity index (χ3n) is 4.05. The Bertz CT molecular complexity index is 1430. The van der Waals surface area contributed by atoms with Gasteiger partial charge in [-0.3, -0.25) is 4.57 Å². The van der Waals surface area contributed by atoms with Crippen molar-refractivity contribution >= 4 is 50.4 Å². The van der Waals surface area contributed by atoms with Gasteiger partial charge in [0.05, 0.1) is 9.77 Å². The molecule has 0 saturated heterocycles. The molecule has 0 unspecified atom stereocenters. The first-order valence-corrected chi connectivity index (χ1v) is 12.6. The van der Waals surface area contributed by atoms with Crippen LogP contribution in [0.4, 0.5) is 13.2 Å². The van der Waals surface area contributed by atoms with Crippen LogP contribution in [-0.4, -0.2) is 39.2 Å². The average Bonchev–Trinajstić information content (AvgIpc) is 3.46. The number of carboxylic acid groups (broad SMARTS) is 1. The van der Waals surface area contributed by atoms with Crippen LogP contribution in [0, 0.1) is 0 Å². The number of primary sulfonamides is 1. The van der Waals surface area contributed by atoms with Gasteiger partial charge in [-0.15, -0.1) is 21.5 Å². The first kappa shape index (κ1) is 23.4. The quantitative estimate of drug-likeness (QED) is 0.379. The zero-order valence-electron chi connectivity index (χ0n) is 15.8. The Labute approximate surface area is 195 Å². The van der Waals surface area contributed by atoms with E-state index in [2.05, 4.69) is 15.2 Å². The van der Waals surface area contributed by atoms with Crippen LogP contribution in [-0.2, 0) is 16.2 Å². The summed E-state index contributed by atoms with van der Waals surface area (Å²) in [6.07, 6.45) is -4.94. The predicted octanol–water partition coefficient (Wildman–Crippen LogP) is 3.97. The Balaban J connectivity index is 1.82. The monoisotopic (exact) mass is 533 g/mol. The van der Waals surface area contributed by atoms with E-state index < -0.39 is 32.7 Å². The van der Waals surface area contributed by atoms with Crippen molar-refractivity contribution in [2.75, 3.05) is 0 Å². The number of carboxylic acids is 1. The van der Waals surface area contributed by atoms with Crippen LogP contribution in [0.3, 0.4) is 0 Å². The molecule has 4 rings (SSSR count). The second kappa shape index (κ2) is 8.53. The Morgan fingerprint density at radius 2 is 1.85 bits per heavy atom. The number of alkyl halides is 3. The molecular formula is C17H10F3N5O4S4. The van der Waals surface area contributed by atoms with E-state index in [-0.39, 0.29) is 14.4 Å². The minimum Gasteiger partial charge on any atom is -0.477 e. The zero-order chi connectivity index (χ0) is 24.0. The molecule has 0 aliphatic rings. The van der Waals surface area contributed by atoms with Crippen molar-refractivity contribution in [1.29, 1.82) is 0 Å². The third-order valence-corrected chi connectivity index (χ3v) is 7.89. The number of carbonyl (C=O) groups is 1. The van der Waals surface area contributed by atoms with Gasteiger partial charge in [0.2, 0.25) is 15.2 Å². The van der Waals surface area contributed by atoms with Crippen LogP contribution < -0.4 is 5.14 Å². The molecule has 1 aromatic carbocycles. The van der Waals surface area contributed by atoms with Crippen LogP contribution in [0.5, 0.6) is 0 Å². The zero-order valence-corrected chi connectivity index (χ0v) is 19.1. The third kappa shape index (κ3) is 4.79. The van der Waals surface area contributed by atoms with E-state index in [1.165, 1.54) is 40.2 Å². The van der Waals surface area contributed by atoms with Gasteiger partial charge in [-0.05, 0) is 47.5 Å². The normalized spacial score (nSPS) is 12.2. The van der Waals surface area contributed by atoms with Crippen LogP contribution >= 0.6 is 34.4 Å².